The van der Waals surface area contributed by atoms with Crippen molar-refractivity contribution in [3.8, 4) is 5.75 Å². The Morgan fingerprint density at radius 2 is 1.61 bits per heavy atom. The monoisotopic (exact) mass is 375 g/mol. The standard InChI is InChI=1S/C22H21N3O3/c1-28-20-10-6-5-9-19(20)25-22(27)18-13-17(14-23-15-18)21(26)24-12-11-16-7-3-2-4-8-16/h2-10,13-15H,11-12H2,1H3,(H,24,26)(H,25,27). The second-order valence-electron chi connectivity index (χ2n) is 6.11. The molecule has 2 amide bonds. The Balaban J connectivity index is 1.62. The summed E-state index contributed by atoms with van der Waals surface area (Å²) in [5.74, 6) is -0.0788. The Kier molecular flexibility index (Phi) is 6.36. The number of rotatable bonds is 7. The Bertz CT molecular complexity index is 958. The zero-order valence-corrected chi connectivity index (χ0v) is 15.5. The van der Waals surface area contributed by atoms with E-state index in [9.17, 15) is 9.59 Å². The SMILES string of the molecule is COc1ccccc1NC(=O)c1cncc(C(=O)NCCc2ccccc2)c1. The molecule has 1 aromatic heterocycles. The van der Waals surface area contributed by atoms with Crippen molar-refractivity contribution in [2.45, 2.75) is 6.42 Å². The second-order valence-corrected chi connectivity index (χ2v) is 6.11. The second kappa shape index (κ2) is 9.32. The number of methoxy groups -OCH3 is 1. The number of carbonyl (C=O) groups excluding carboxylic acids is 2. The number of nitrogens with zero attached hydrogens (tertiary/aromatic N) is 1. The van der Waals surface area contributed by atoms with Crippen molar-refractivity contribution < 1.29 is 14.3 Å². The number of anilines is 1. The molecule has 0 bridgehead atoms. The summed E-state index contributed by atoms with van der Waals surface area (Å²) >= 11 is 0. The van der Waals surface area contributed by atoms with E-state index in [1.807, 2.05) is 36.4 Å². The Morgan fingerprint density at radius 1 is 0.929 bits per heavy atom. The highest BCUT2D eigenvalue weighted by molar-refractivity contribution is 6.06. The summed E-state index contributed by atoms with van der Waals surface area (Å²) in [6.07, 6.45) is 3.59. The maximum Gasteiger partial charge on any atom is 0.257 e. The zero-order chi connectivity index (χ0) is 19.8. The van der Waals surface area contributed by atoms with Gasteiger partial charge in [0.2, 0.25) is 0 Å². The van der Waals surface area contributed by atoms with Crippen LogP contribution in [0.5, 0.6) is 5.75 Å². The average Bonchev–Trinajstić information content (AvgIpc) is 2.75. The third-order valence-electron chi connectivity index (χ3n) is 4.16. The third kappa shape index (κ3) is 4.94. The molecular formula is C22H21N3O3. The lowest BCUT2D eigenvalue weighted by Gasteiger charge is -2.10. The van der Waals surface area contributed by atoms with Gasteiger partial charge in [0.25, 0.3) is 11.8 Å². The molecule has 0 unspecified atom stereocenters. The number of pyridine rings is 1. The quantitative estimate of drug-likeness (QED) is 0.664. The molecule has 0 radical (unpaired) electrons. The molecule has 0 aliphatic rings. The van der Waals surface area contributed by atoms with Crippen molar-refractivity contribution >= 4 is 17.5 Å². The number of hydrogen-bond donors (Lipinski definition) is 2. The zero-order valence-electron chi connectivity index (χ0n) is 15.5. The van der Waals surface area contributed by atoms with Crippen molar-refractivity contribution in [2.75, 3.05) is 19.0 Å². The first-order valence-electron chi connectivity index (χ1n) is 8.89. The van der Waals surface area contributed by atoms with Crippen LogP contribution in [0.25, 0.3) is 0 Å². The smallest absolute Gasteiger partial charge is 0.257 e. The highest BCUT2D eigenvalue weighted by Gasteiger charge is 2.13. The van der Waals surface area contributed by atoms with Gasteiger partial charge in [-0.1, -0.05) is 42.5 Å². The highest BCUT2D eigenvalue weighted by Crippen LogP contribution is 2.23. The van der Waals surface area contributed by atoms with Crippen molar-refractivity contribution in [3.05, 3.63) is 89.7 Å². The van der Waals surface area contributed by atoms with Crippen LogP contribution < -0.4 is 15.4 Å². The van der Waals surface area contributed by atoms with Gasteiger partial charge in [0.05, 0.1) is 23.9 Å². The number of ether oxygens (including phenoxy) is 1. The molecule has 0 aliphatic heterocycles. The number of hydrogen-bond acceptors (Lipinski definition) is 4. The summed E-state index contributed by atoms with van der Waals surface area (Å²) in [6.45, 7) is 0.500. The third-order valence-corrected chi connectivity index (χ3v) is 4.16. The Hall–Kier alpha value is -3.67. The lowest BCUT2D eigenvalue weighted by Crippen LogP contribution is -2.26. The fourth-order valence-corrected chi connectivity index (χ4v) is 2.70. The van der Waals surface area contributed by atoms with Crippen LogP contribution in [0, 0.1) is 0 Å². The summed E-state index contributed by atoms with van der Waals surface area (Å²) in [7, 11) is 1.53. The van der Waals surface area contributed by atoms with E-state index in [4.69, 9.17) is 4.74 Å². The lowest BCUT2D eigenvalue weighted by atomic mass is 10.1. The fourth-order valence-electron chi connectivity index (χ4n) is 2.70. The van der Waals surface area contributed by atoms with Crippen molar-refractivity contribution in [1.82, 2.24) is 10.3 Å². The molecular weight excluding hydrogens is 354 g/mol. The van der Waals surface area contributed by atoms with Crippen LogP contribution in [0.4, 0.5) is 5.69 Å². The molecule has 2 aromatic carbocycles. The van der Waals surface area contributed by atoms with E-state index in [0.717, 1.165) is 12.0 Å². The van der Waals surface area contributed by atoms with E-state index in [1.165, 1.54) is 25.6 Å². The number of aromatic nitrogens is 1. The molecule has 0 atom stereocenters. The van der Waals surface area contributed by atoms with E-state index >= 15 is 0 Å². The van der Waals surface area contributed by atoms with E-state index < -0.39 is 0 Å². The van der Waals surface area contributed by atoms with Gasteiger partial charge in [-0.15, -0.1) is 0 Å². The van der Waals surface area contributed by atoms with Crippen molar-refractivity contribution in [3.63, 3.8) is 0 Å². The van der Waals surface area contributed by atoms with E-state index in [0.29, 0.717) is 29.1 Å². The van der Waals surface area contributed by atoms with Gasteiger partial charge in [-0.2, -0.15) is 0 Å². The normalized spacial score (nSPS) is 10.2. The van der Waals surface area contributed by atoms with Crippen molar-refractivity contribution in [2.24, 2.45) is 0 Å². The van der Waals surface area contributed by atoms with Crippen LogP contribution in [-0.4, -0.2) is 30.5 Å². The van der Waals surface area contributed by atoms with E-state index in [1.54, 1.807) is 18.2 Å². The molecule has 6 heteroatoms. The minimum absolute atomic E-state index is 0.268. The van der Waals surface area contributed by atoms with Crippen LogP contribution >= 0.6 is 0 Å². The highest BCUT2D eigenvalue weighted by atomic mass is 16.5. The maximum absolute atomic E-state index is 12.5. The predicted octanol–water partition coefficient (Wildman–Crippen LogP) is 3.32. The molecule has 0 saturated carbocycles. The van der Waals surface area contributed by atoms with E-state index in [-0.39, 0.29) is 11.8 Å². The molecule has 0 spiro atoms. The maximum atomic E-state index is 12.5. The van der Waals surface area contributed by atoms with Gasteiger partial charge in [-0.3, -0.25) is 14.6 Å². The number of amides is 2. The minimum atomic E-state index is -0.365. The van der Waals surface area contributed by atoms with Gasteiger partial charge < -0.3 is 15.4 Å². The molecule has 6 nitrogen and oxygen atoms in total. The summed E-state index contributed by atoms with van der Waals surface area (Å²) in [5.41, 5.74) is 2.32. The molecule has 0 aliphatic carbocycles. The molecule has 142 valence electrons. The molecule has 2 N–H and O–H groups in total. The number of para-hydroxylation sites is 2. The molecule has 0 fully saturated rings. The van der Waals surface area contributed by atoms with Gasteiger partial charge in [0.15, 0.2) is 0 Å². The molecule has 0 saturated heterocycles. The first kappa shape index (κ1) is 19.1. The topological polar surface area (TPSA) is 80.3 Å². The van der Waals surface area contributed by atoms with Gasteiger partial charge >= 0.3 is 0 Å². The van der Waals surface area contributed by atoms with Gasteiger partial charge in [0, 0.05) is 18.9 Å². The first-order valence-corrected chi connectivity index (χ1v) is 8.89. The van der Waals surface area contributed by atoms with Crippen LogP contribution in [-0.2, 0) is 6.42 Å². The average molecular weight is 375 g/mol. The lowest BCUT2D eigenvalue weighted by molar-refractivity contribution is 0.0953. The minimum Gasteiger partial charge on any atom is -0.495 e. The summed E-state index contributed by atoms with van der Waals surface area (Å²) in [6, 6.07) is 18.5. The summed E-state index contributed by atoms with van der Waals surface area (Å²) in [5, 5.41) is 5.62. The number of nitrogens with one attached hydrogen (secondary N) is 2. The van der Waals surface area contributed by atoms with Crippen LogP contribution in [0.2, 0.25) is 0 Å². The largest absolute Gasteiger partial charge is 0.495 e. The van der Waals surface area contributed by atoms with Crippen LogP contribution in [0.1, 0.15) is 26.3 Å². The van der Waals surface area contributed by atoms with E-state index in [2.05, 4.69) is 15.6 Å². The molecule has 1 heterocycles. The number of benzene rings is 2. The molecule has 3 aromatic rings. The van der Waals surface area contributed by atoms with Gasteiger partial charge in [0.1, 0.15) is 5.75 Å². The van der Waals surface area contributed by atoms with Gasteiger partial charge in [-0.05, 0) is 30.2 Å². The van der Waals surface area contributed by atoms with Gasteiger partial charge in [-0.25, -0.2) is 0 Å². The van der Waals surface area contributed by atoms with Crippen LogP contribution in [0.3, 0.4) is 0 Å². The fraction of sp³-hybridized carbons (Fsp3) is 0.136. The summed E-state index contributed by atoms with van der Waals surface area (Å²) in [4.78, 5) is 28.9. The summed E-state index contributed by atoms with van der Waals surface area (Å²) < 4.78 is 5.23. The number of carbonyl (C=O) groups is 2. The van der Waals surface area contributed by atoms with Crippen LogP contribution in [0.15, 0.2) is 73.1 Å². The van der Waals surface area contributed by atoms with Crippen molar-refractivity contribution in [1.29, 1.82) is 0 Å². The predicted molar refractivity (Wildman–Crippen MR) is 108 cm³/mol. The Morgan fingerprint density at radius 3 is 2.36 bits per heavy atom. The molecule has 28 heavy (non-hydrogen) atoms. The first-order chi connectivity index (χ1) is 13.7. The molecule has 3 rings (SSSR count). The Labute approximate surface area is 163 Å².